The predicted molar refractivity (Wildman–Crippen MR) is 93.1 cm³/mol. The molecule has 2 heterocycles. The van der Waals surface area contributed by atoms with Gasteiger partial charge in [-0.2, -0.15) is 5.10 Å². The average Bonchev–Trinajstić information content (AvgIpc) is 3.13. The maximum absolute atomic E-state index is 12.0. The first-order valence-electron chi connectivity index (χ1n) is 7.42. The van der Waals surface area contributed by atoms with Crippen LogP contribution in [0, 0.1) is 0 Å². The quantitative estimate of drug-likeness (QED) is 0.723. The highest BCUT2D eigenvalue weighted by Gasteiger charge is 2.08. The molecule has 6 nitrogen and oxygen atoms in total. The molecular weight excluding hydrogens is 326 g/mol. The van der Waals surface area contributed by atoms with Gasteiger partial charge in [-0.15, -0.1) is 0 Å². The Hall–Kier alpha value is -2.86. The van der Waals surface area contributed by atoms with Crippen molar-refractivity contribution in [3.63, 3.8) is 0 Å². The van der Waals surface area contributed by atoms with Crippen molar-refractivity contribution in [2.24, 2.45) is 0 Å². The van der Waals surface area contributed by atoms with Crippen molar-refractivity contribution >= 4 is 23.2 Å². The standard InChI is InChI=1S/C17H16ClN5O/c18-14-5-1-6-15(10-14)20-12-16(24)21-11-13-4-2-7-19-17(13)23-9-3-8-22-23/h1-10,20H,11-12H2,(H,21,24). The molecule has 0 atom stereocenters. The van der Waals surface area contributed by atoms with E-state index in [0.29, 0.717) is 17.4 Å². The minimum Gasteiger partial charge on any atom is -0.376 e. The van der Waals surface area contributed by atoms with E-state index in [2.05, 4.69) is 20.7 Å². The Labute approximate surface area is 144 Å². The van der Waals surface area contributed by atoms with Crippen LogP contribution >= 0.6 is 11.6 Å². The fraction of sp³-hybridized carbons (Fsp3) is 0.118. The molecule has 1 amide bonds. The monoisotopic (exact) mass is 341 g/mol. The molecule has 3 rings (SSSR count). The molecule has 0 fully saturated rings. The number of pyridine rings is 1. The van der Waals surface area contributed by atoms with Crippen molar-refractivity contribution in [2.45, 2.75) is 6.54 Å². The lowest BCUT2D eigenvalue weighted by Crippen LogP contribution is -2.29. The lowest BCUT2D eigenvalue weighted by atomic mass is 10.2. The second kappa shape index (κ2) is 7.61. The zero-order valence-electron chi connectivity index (χ0n) is 12.8. The number of halogens is 1. The molecular formula is C17H16ClN5O. The molecule has 0 radical (unpaired) electrons. The molecule has 0 aliphatic rings. The average molecular weight is 342 g/mol. The van der Waals surface area contributed by atoms with Gasteiger partial charge in [0.25, 0.3) is 0 Å². The van der Waals surface area contributed by atoms with Crippen LogP contribution in [0.2, 0.25) is 5.02 Å². The van der Waals surface area contributed by atoms with Crippen LogP contribution in [-0.4, -0.2) is 27.2 Å². The number of benzene rings is 1. The van der Waals surface area contributed by atoms with E-state index in [1.165, 1.54) is 0 Å². The van der Waals surface area contributed by atoms with Gasteiger partial charge >= 0.3 is 0 Å². The molecule has 7 heteroatoms. The predicted octanol–water partition coefficient (Wildman–Crippen LogP) is 2.65. The summed E-state index contributed by atoms with van der Waals surface area (Å²) in [5.74, 6) is 0.579. The molecule has 0 aliphatic carbocycles. The summed E-state index contributed by atoms with van der Waals surface area (Å²) in [6.45, 7) is 0.538. The molecule has 0 saturated heterocycles. The first kappa shape index (κ1) is 16.0. The third kappa shape index (κ3) is 4.11. The molecule has 0 spiro atoms. The molecule has 0 aliphatic heterocycles. The molecule has 2 N–H and O–H groups in total. The highest BCUT2D eigenvalue weighted by atomic mass is 35.5. The summed E-state index contributed by atoms with van der Waals surface area (Å²) in [4.78, 5) is 16.3. The normalized spacial score (nSPS) is 10.4. The Morgan fingerprint density at radius 3 is 2.88 bits per heavy atom. The molecule has 0 unspecified atom stereocenters. The molecule has 122 valence electrons. The van der Waals surface area contributed by atoms with E-state index >= 15 is 0 Å². The van der Waals surface area contributed by atoms with E-state index in [1.807, 2.05) is 36.5 Å². The van der Waals surface area contributed by atoms with Crippen LogP contribution < -0.4 is 10.6 Å². The Morgan fingerprint density at radius 2 is 2.08 bits per heavy atom. The van der Waals surface area contributed by atoms with Crippen molar-refractivity contribution in [3.05, 3.63) is 71.6 Å². The molecule has 0 bridgehead atoms. The zero-order chi connectivity index (χ0) is 16.8. The van der Waals surface area contributed by atoms with Gasteiger partial charge in [-0.25, -0.2) is 9.67 Å². The number of anilines is 1. The molecule has 3 aromatic rings. The minimum absolute atomic E-state index is 0.120. The number of hydrogen-bond donors (Lipinski definition) is 2. The number of aromatic nitrogens is 3. The smallest absolute Gasteiger partial charge is 0.239 e. The van der Waals surface area contributed by atoms with E-state index in [0.717, 1.165) is 11.3 Å². The van der Waals surface area contributed by atoms with Gasteiger partial charge in [-0.05, 0) is 30.3 Å². The molecule has 1 aromatic carbocycles. The number of nitrogens with zero attached hydrogens (tertiary/aromatic N) is 3. The third-order valence-electron chi connectivity index (χ3n) is 3.34. The van der Waals surface area contributed by atoms with E-state index in [9.17, 15) is 4.79 Å². The summed E-state index contributed by atoms with van der Waals surface area (Å²) in [6, 6.07) is 12.8. The molecule has 0 saturated carbocycles. The van der Waals surface area contributed by atoms with Gasteiger partial charge in [-0.3, -0.25) is 4.79 Å². The van der Waals surface area contributed by atoms with E-state index in [1.54, 1.807) is 29.2 Å². The van der Waals surface area contributed by atoms with Crippen molar-refractivity contribution in [3.8, 4) is 5.82 Å². The number of rotatable bonds is 6. The van der Waals surface area contributed by atoms with Crippen LogP contribution in [0.4, 0.5) is 5.69 Å². The van der Waals surface area contributed by atoms with Crippen LogP contribution in [0.15, 0.2) is 61.1 Å². The van der Waals surface area contributed by atoms with Crippen molar-refractivity contribution in [2.75, 3.05) is 11.9 Å². The summed E-state index contributed by atoms with van der Waals surface area (Å²) < 4.78 is 1.67. The molecule has 2 aromatic heterocycles. The van der Waals surface area contributed by atoms with Gasteiger partial charge in [0.2, 0.25) is 5.91 Å². The first-order chi connectivity index (χ1) is 11.7. The van der Waals surface area contributed by atoms with Gasteiger partial charge in [-0.1, -0.05) is 23.7 Å². The fourth-order valence-electron chi connectivity index (χ4n) is 2.21. The van der Waals surface area contributed by atoms with Gasteiger partial charge in [0.1, 0.15) is 0 Å². The second-order valence-corrected chi connectivity index (χ2v) is 5.51. The Bertz CT molecular complexity index is 819. The highest BCUT2D eigenvalue weighted by Crippen LogP contribution is 2.14. The zero-order valence-corrected chi connectivity index (χ0v) is 13.6. The van der Waals surface area contributed by atoms with Crippen LogP contribution in [0.1, 0.15) is 5.56 Å². The van der Waals surface area contributed by atoms with Crippen LogP contribution in [0.3, 0.4) is 0 Å². The van der Waals surface area contributed by atoms with Gasteiger partial charge < -0.3 is 10.6 Å². The van der Waals surface area contributed by atoms with Crippen LogP contribution in [0.5, 0.6) is 0 Å². The van der Waals surface area contributed by atoms with Crippen LogP contribution in [0.25, 0.3) is 5.82 Å². The lowest BCUT2D eigenvalue weighted by Gasteiger charge is -2.10. The SMILES string of the molecule is O=C(CNc1cccc(Cl)c1)NCc1cccnc1-n1cccn1. The van der Waals surface area contributed by atoms with Crippen molar-refractivity contribution in [1.29, 1.82) is 0 Å². The van der Waals surface area contributed by atoms with Crippen molar-refractivity contribution < 1.29 is 4.79 Å². The number of hydrogen-bond acceptors (Lipinski definition) is 4. The Morgan fingerprint density at radius 1 is 1.17 bits per heavy atom. The number of carbonyl (C=O) groups is 1. The van der Waals surface area contributed by atoms with Gasteiger partial charge in [0, 0.05) is 41.4 Å². The third-order valence-corrected chi connectivity index (χ3v) is 3.58. The summed E-state index contributed by atoms with van der Waals surface area (Å²) in [5, 5.41) is 10.7. The maximum Gasteiger partial charge on any atom is 0.239 e. The number of amides is 1. The topological polar surface area (TPSA) is 71.8 Å². The summed E-state index contributed by atoms with van der Waals surface area (Å²) in [7, 11) is 0. The summed E-state index contributed by atoms with van der Waals surface area (Å²) >= 11 is 5.91. The number of nitrogens with one attached hydrogen (secondary N) is 2. The number of carbonyl (C=O) groups excluding carboxylic acids is 1. The van der Waals surface area contributed by atoms with E-state index in [-0.39, 0.29) is 12.5 Å². The molecule has 24 heavy (non-hydrogen) atoms. The minimum atomic E-state index is -0.120. The largest absolute Gasteiger partial charge is 0.376 e. The summed E-state index contributed by atoms with van der Waals surface area (Å²) in [6.07, 6.45) is 5.20. The van der Waals surface area contributed by atoms with E-state index < -0.39 is 0 Å². The van der Waals surface area contributed by atoms with Crippen LogP contribution in [-0.2, 0) is 11.3 Å². The fourth-order valence-corrected chi connectivity index (χ4v) is 2.40. The summed E-state index contributed by atoms with van der Waals surface area (Å²) in [5.41, 5.74) is 1.69. The van der Waals surface area contributed by atoms with Crippen molar-refractivity contribution in [1.82, 2.24) is 20.1 Å². The lowest BCUT2D eigenvalue weighted by molar-refractivity contribution is -0.119. The maximum atomic E-state index is 12.0. The van der Waals surface area contributed by atoms with Gasteiger partial charge in [0.05, 0.1) is 6.54 Å². The Balaban J connectivity index is 1.57. The van der Waals surface area contributed by atoms with E-state index in [4.69, 9.17) is 11.6 Å². The first-order valence-corrected chi connectivity index (χ1v) is 7.80. The highest BCUT2D eigenvalue weighted by molar-refractivity contribution is 6.30. The Kier molecular flexibility index (Phi) is 5.08. The van der Waals surface area contributed by atoms with Gasteiger partial charge in [0.15, 0.2) is 5.82 Å². The second-order valence-electron chi connectivity index (χ2n) is 5.08.